The standard InChI is InChI=1S/C27H30N4O4S/c1-5-19-16-23(29-17(3)28-19)27(4)14-13-22-21(26(27)33)11-12-24(30-22)31-25(32)15-18-7-9-20(10-8-18)36(34,35)6-2/h7-12,16H,5-6,13-15H2,1-4H3,(H,30,31,32). The van der Waals surface area contributed by atoms with Gasteiger partial charge in [0.1, 0.15) is 11.6 Å². The first-order valence-corrected chi connectivity index (χ1v) is 13.7. The second kappa shape index (κ2) is 9.89. The molecule has 0 bridgehead atoms. The molecule has 1 atom stereocenters. The predicted molar refractivity (Wildman–Crippen MR) is 137 cm³/mol. The number of aromatic nitrogens is 3. The Morgan fingerprint density at radius 2 is 1.78 bits per heavy atom. The van der Waals surface area contributed by atoms with Crippen LogP contribution in [0.25, 0.3) is 0 Å². The topological polar surface area (TPSA) is 119 Å². The molecule has 2 heterocycles. The summed E-state index contributed by atoms with van der Waals surface area (Å²) in [7, 11) is -3.28. The largest absolute Gasteiger partial charge is 0.310 e. The van der Waals surface area contributed by atoms with Crippen LogP contribution < -0.4 is 5.32 Å². The lowest BCUT2D eigenvalue weighted by Crippen LogP contribution is -2.39. The zero-order valence-electron chi connectivity index (χ0n) is 21.0. The number of carbonyl (C=O) groups is 2. The Labute approximate surface area is 211 Å². The highest BCUT2D eigenvalue weighted by atomic mass is 32.2. The smallest absolute Gasteiger partial charge is 0.229 e. The van der Waals surface area contributed by atoms with E-state index in [1.807, 2.05) is 26.8 Å². The number of hydrogen-bond acceptors (Lipinski definition) is 7. The van der Waals surface area contributed by atoms with Crippen LogP contribution in [0.15, 0.2) is 47.4 Å². The van der Waals surface area contributed by atoms with Crippen molar-refractivity contribution < 1.29 is 18.0 Å². The molecule has 0 fully saturated rings. The third-order valence-corrected chi connectivity index (χ3v) is 8.45. The van der Waals surface area contributed by atoms with E-state index in [4.69, 9.17) is 0 Å². The molecule has 1 N–H and O–H groups in total. The van der Waals surface area contributed by atoms with Crippen LogP contribution in [0.5, 0.6) is 0 Å². The molecular weight excluding hydrogens is 476 g/mol. The summed E-state index contributed by atoms with van der Waals surface area (Å²) in [4.78, 5) is 39.9. The molecule has 1 amide bonds. The molecule has 188 valence electrons. The number of amides is 1. The number of aryl methyl sites for hydroxylation is 3. The predicted octanol–water partition coefficient (Wildman–Crippen LogP) is 3.80. The van der Waals surface area contributed by atoms with Crippen molar-refractivity contribution >= 4 is 27.3 Å². The number of sulfone groups is 1. The maximum Gasteiger partial charge on any atom is 0.229 e. The molecule has 1 unspecified atom stereocenters. The van der Waals surface area contributed by atoms with E-state index < -0.39 is 15.3 Å². The lowest BCUT2D eigenvalue weighted by atomic mass is 9.71. The van der Waals surface area contributed by atoms with Gasteiger partial charge in [0.2, 0.25) is 5.91 Å². The van der Waals surface area contributed by atoms with Crippen LogP contribution in [-0.2, 0) is 39.3 Å². The molecule has 0 saturated carbocycles. The highest BCUT2D eigenvalue weighted by Gasteiger charge is 2.42. The van der Waals surface area contributed by atoms with Gasteiger partial charge >= 0.3 is 0 Å². The van der Waals surface area contributed by atoms with Gasteiger partial charge in [0, 0.05) is 11.3 Å². The van der Waals surface area contributed by atoms with Gasteiger partial charge in [-0.25, -0.2) is 23.4 Å². The first kappa shape index (κ1) is 25.6. The summed E-state index contributed by atoms with van der Waals surface area (Å²) >= 11 is 0. The van der Waals surface area contributed by atoms with Gasteiger partial charge in [0.05, 0.1) is 33.9 Å². The fourth-order valence-corrected chi connectivity index (χ4v) is 5.32. The zero-order chi connectivity index (χ0) is 26.1. The zero-order valence-corrected chi connectivity index (χ0v) is 21.8. The first-order valence-electron chi connectivity index (χ1n) is 12.1. The molecule has 0 spiro atoms. The van der Waals surface area contributed by atoms with Crippen LogP contribution in [0.2, 0.25) is 0 Å². The third kappa shape index (κ3) is 5.06. The van der Waals surface area contributed by atoms with Crippen LogP contribution in [0.1, 0.15) is 66.0 Å². The number of hydrogen-bond donors (Lipinski definition) is 1. The van der Waals surface area contributed by atoms with Gasteiger partial charge in [0.25, 0.3) is 0 Å². The van der Waals surface area contributed by atoms with Gasteiger partial charge in [-0.3, -0.25) is 9.59 Å². The van der Waals surface area contributed by atoms with E-state index in [1.54, 1.807) is 31.2 Å². The van der Waals surface area contributed by atoms with Crippen LogP contribution in [0.3, 0.4) is 0 Å². The average Bonchev–Trinajstić information content (AvgIpc) is 2.86. The summed E-state index contributed by atoms with van der Waals surface area (Å²) in [5, 5.41) is 2.79. The minimum Gasteiger partial charge on any atom is -0.310 e. The minimum absolute atomic E-state index is 0.0248. The molecular formula is C27H30N4O4S. The molecule has 0 radical (unpaired) electrons. The molecule has 1 aliphatic carbocycles. The maximum absolute atomic E-state index is 13.5. The van der Waals surface area contributed by atoms with Crippen LogP contribution in [-0.4, -0.2) is 40.8 Å². The Kier molecular flexibility index (Phi) is 7.04. The lowest BCUT2D eigenvalue weighted by molar-refractivity contribution is -0.115. The number of nitrogens with zero attached hydrogens (tertiary/aromatic N) is 3. The summed E-state index contributed by atoms with van der Waals surface area (Å²) < 4.78 is 23.9. The first-order chi connectivity index (χ1) is 17.1. The lowest BCUT2D eigenvalue weighted by Gasteiger charge is -2.32. The Morgan fingerprint density at radius 3 is 2.44 bits per heavy atom. The molecule has 2 aromatic heterocycles. The molecule has 3 aromatic rings. The quantitative estimate of drug-likeness (QED) is 0.518. The van der Waals surface area contributed by atoms with E-state index in [0.29, 0.717) is 41.3 Å². The summed E-state index contributed by atoms with van der Waals surface area (Å²) in [5.41, 5.74) is 2.79. The van der Waals surface area contributed by atoms with Gasteiger partial charge in [-0.1, -0.05) is 26.0 Å². The number of pyridine rings is 1. The normalized spacial score (nSPS) is 17.5. The van der Waals surface area contributed by atoms with Crippen LogP contribution >= 0.6 is 0 Å². The van der Waals surface area contributed by atoms with Gasteiger partial charge < -0.3 is 5.32 Å². The van der Waals surface area contributed by atoms with Crippen molar-refractivity contribution in [3.8, 4) is 0 Å². The van der Waals surface area contributed by atoms with Crippen LogP contribution in [0, 0.1) is 6.92 Å². The van der Waals surface area contributed by atoms with Crippen molar-refractivity contribution in [3.63, 3.8) is 0 Å². The minimum atomic E-state index is -3.28. The number of benzene rings is 1. The molecule has 9 heteroatoms. The Bertz CT molecular complexity index is 1430. The molecule has 4 rings (SSSR count). The number of rotatable bonds is 7. The SMILES string of the molecule is CCc1cc(C2(C)CCc3nc(NC(=O)Cc4ccc(S(=O)(=O)CC)cc4)ccc3C2=O)nc(C)n1. The molecule has 0 aliphatic heterocycles. The Balaban J connectivity index is 1.48. The van der Waals surface area contributed by atoms with Crippen LogP contribution in [0.4, 0.5) is 5.82 Å². The number of ketones is 1. The van der Waals surface area contributed by atoms with Crippen molar-refractivity contribution in [1.29, 1.82) is 0 Å². The fourth-order valence-electron chi connectivity index (χ4n) is 4.44. The van der Waals surface area contributed by atoms with E-state index >= 15 is 0 Å². The number of Topliss-reactive ketones (excluding diaryl/α,β-unsaturated/α-hetero) is 1. The highest BCUT2D eigenvalue weighted by molar-refractivity contribution is 7.91. The third-order valence-electron chi connectivity index (χ3n) is 6.70. The van der Waals surface area contributed by atoms with E-state index in [9.17, 15) is 18.0 Å². The number of carbonyl (C=O) groups excluding carboxylic acids is 2. The fraction of sp³-hybridized carbons (Fsp3) is 0.370. The van der Waals surface area contributed by atoms with Gasteiger partial charge in [-0.15, -0.1) is 0 Å². The summed E-state index contributed by atoms with van der Waals surface area (Å²) in [5.74, 6) is 0.755. The van der Waals surface area contributed by atoms with Crippen molar-refractivity contribution in [2.24, 2.45) is 0 Å². The molecule has 8 nitrogen and oxygen atoms in total. The number of nitrogens with one attached hydrogen (secondary N) is 1. The number of fused-ring (bicyclic) bond motifs is 1. The summed E-state index contributed by atoms with van der Waals surface area (Å²) in [6.45, 7) is 7.38. The van der Waals surface area contributed by atoms with E-state index in [1.165, 1.54) is 12.1 Å². The molecule has 1 aliphatic rings. The average molecular weight is 507 g/mol. The van der Waals surface area contributed by atoms with Gasteiger partial charge in [0.15, 0.2) is 15.6 Å². The Hall–Kier alpha value is -3.46. The number of anilines is 1. The molecule has 36 heavy (non-hydrogen) atoms. The Morgan fingerprint density at radius 1 is 1.06 bits per heavy atom. The van der Waals surface area contributed by atoms with Crippen molar-refractivity contribution in [2.75, 3.05) is 11.1 Å². The van der Waals surface area contributed by atoms with Crippen molar-refractivity contribution in [2.45, 2.75) is 63.7 Å². The second-order valence-corrected chi connectivity index (χ2v) is 11.5. The van der Waals surface area contributed by atoms with Gasteiger partial charge in [-0.2, -0.15) is 0 Å². The molecule has 0 saturated heterocycles. The molecule has 1 aromatic carbocycles. The maximum atomic E-state index is 13.5. The summed E-state index contributed by atoms with van der Waals surface area (Å²) in [6, 6.07) is 11.6. The second-order valence-electron chi connectivity index (χ2n) is 9.27. The van der Waals surface area contributed by atoms with E-state index in [0.717, 1.165) is 17.8 Å². The highest BCUT2D eigenvalue weighted by Crippen LogP contribution is 2.37. The van der Waals surface area contributed by atoms with Crippen molar-refractivity contribution in [1.82, 2.24) is 15.0 Å². The van der Waals surface area contributed by atoms with E-state index in [2.05, 4.69) is 20.3 Å². The van der Waals surface area contributed by atoms with Gasteiger partial charge in [-0.05, 0) is 69.0 Å². The monoisotopic (exact) mass is 506 g/mol. The van der Waals surface area contributed by atoms with E-state index in [-0.39, 0.29) is 28.8 Å². The summed E-state index contributed by atoms with van der Waals surface area (Å²) in [6.07, 6.45) is 1.99. The van der Waals surface area contributed by atoms with Crippen molar-refractivity contribution in [3.05, 3.63) is 76.5 Å².